The number of nitrogens with zero attached hydrogens (tertiary/aromatic N) is 2. The fraction of sp³-hybridized carbons (Fsp3) is 0.714. The van der Waals surface area contributed by atoms with Gasteiger partial charge in [0.2, 0.25) is 0 Å². The van der Waals surface area contributed by atoms with Crippen molar-refractivity contribution in [2.24, 2.45) is 23.5 Å². The van der Waals surface area contributed by atoms with Crippen molar-refractivity contribution in [3.63, 3.8) is 0 Å². The summed E-state index contributed by atoms with van der Waals surface area (Å²) in [6, 6.07) is 0. The molecule has 3 atom stereocenters. The first-order valence-electron chi connectivity index (χ1n) is 6.68. The van der Waals surface area contributed by atoms with E-state index in [0.717, 1.165) is 24.1 Å². The van der Waals surface area contributed by atoms with E-state index in [2.05, 4.69) is 23.8 Å². The highest BCUT2D eigenvalue weighted by Gasteiger charge is 2.32. The Hall–Kier alpha value is -0.960. The number of aromatic nitrogens is 2. The van der Waals surface area contributed by atoms with Gasteiger partial charge in [-0.1, -0.05) is 13.8 Å². The van der Waals surface area contributed by atoms with E-state index >= 15 is 0 Å². The monoisotopic (exact) mass is 233 g/mol. The largest absolute Gasteiger partial charge is 0.330 e. The molecule has 3 heteroatoms. The molecule has 0 aliphatic heterocycles. The Balaban J connectivity index is 2.16. The first-order chi connectivity index (χ1) is 8.22. The van der Waals surface area contributed by atoms with E-state index in [-0.39, 0.29) is 0 Å². The van der Waals surface area contributed by atoms with Crippen molar-refractivity contribution in [3.05, 3.63) is 24.3 Å². The van der Waals surface area contributed by atoms with Crippen molar-refractivity contribution < 1.29 is 0 Å². The van der Waals surface area contributed by atoms with Gasteiger partial charge in [-0.05, 0) is 43.6 Å². The molecule has 1 heterocycles. The summed E-state index contributed by atoms with van der Waals surface area (Å²) in [6.45, 7) is 5.41. The lowest BCUT2D eigenvalue weighted by Gasteiger charge is -2.37. The van der Waals surface area contributed by atoms with Crippen molar-refractivity contribution in [2.75, 3.05) is 6.54 Å². The molecule has 2 N–H and O–H groups in total. The molecule has 3 unspecified atom stereocenters. The Morgan fingerprint density at radius 3 is 2.76 bits per heavy atom. The Morgan fingerprint density at radius 1 is 1.35 bits per heavy atom. The predicted molar refractivity (Wildman–Crippen MR) is 69.5 cm³/mol. The number of hydrogen-bond acceptors (Lipinski definition) is 3. The normalized spacial score (nSPS) is 29.5. The summed E-state index contributed by atoms with van der Waals surface area (Å²) in [5, 5.41) is 0. The van der Waals surface area contributed by atoms with Crippen LogP contribution in [0, 0.1) is 17.8 Å². The Bertz CT molecular complexity index is 337. The first kappa shape index (κ1) is 12.5. The molecule has 1 saturated carbocycles. The minimum Gasteiger partial charge on any atom is -0.330 e. The van der Waals surface area contributed by atoms with E-state index in [1.165, 1.54) is 19.3 Å². The van der Waals surface area contributed by atoms with Crippen LogP contribution in [0.25, 0.3) is 0 Å². The van der Waals surface area contributed by atoms with E-state index < -0.39 is 0 Å². The summed E-state index contributed by atoms with van der Waals surface area (Å²) in [6.07, 6.45) is 9.22. The topological polar surface area (TPSA) is 51.8 Å². The summed E-state index contributed by atoms with van der Waals surface area (Å²) in [7, 11) is 0. The van der Waals surface area contributed by atoms with E-state index in [0.29, 0.717) is 11.8 Å². The summed E-state index contributed by atoms with van der Waals surface area (Å²) >= 11 is 0. The van der Waals surface area contributed by atoms with Crippen LogP contribution < -0.4 is 5.73 Å². The van der Waals surface area contributed by atoms with Gasteiger partial charge in [-0.3, -0.25) is 9.97 Å². The molecule has 17 heavy (non-hydrogen) atoms. The van der Waals surface area contributed by atoms with Crippen molar-refractivity contribution in [1.82, 2.24) is 9.97 Å². The summed E-state index contributed by atoms with van der Waals surface area (Å²) in [5.41, 5.74) is 7.04. The molecule has 1 aliphatic rings. The Morgan fingerprint density at radius 2 is 2.18 bits per heavy atom. The fourth-order valence-corrected chi connectivity index (χ4v) is 3.02. The van der Waals surface area contributed by atoms with E-state index in [1.54, 1.807) is 12.4 Å². The second kappa shape index (κ2) is 5.58. The van der Waals surface area contributed by atoms with Crippen LogP contribution in [0.4, 0.5) is 0 Å². The molecule has 3 nitrogen and oxygen atoms in total. The highest BCUT2D eigenvalue weighted by molar-refractivity contribution is 5.08. The van der Waals surface area contributed by atoms with Gasteiger partial charge in [-0.15, -0.1) is 0 Å². The van der Waals surface area contributed by atoms with Gasteiger partial charge >= 0.3 is 0 Å². The van der Waals surface area contributed by atoms with Gasteiger partial charge in [0.25, 0.3) is 0 Å². The average molecular weight is 233 g/mol. The molecular weight excluding hydrogens is 210 g/mol. The van der Waals surface area contributed by atoms with Crippen molar-refractivity contribution >= 4 is 0 Å². The second-order valence-electron chi connectivity index (χ2n) is 5.55. The predicted octanol–water partition coefficient (Wildman–Crippen LogP) is 2.59. The Labute approximate surface area is 104 Å². The maximum absolute atomic E-state index is 5.90. The number of nitrogens with two attached hydrogens (primary N) is 1. The SMILES string of the molecule is CC(C)C1CCC(CN)C(c2cnccn2)C1. The molecule has 1 fully saturated rings. The third-order valence-corrected chi connectivity index (χ3v) is 4.24. The Kier molecular flexibility index (Phi) is 4.11. The minimum atomic E-state index is 0.509. The molecular formula is C14H23N3. The van der Waals surface area contributed by atoms with Crippen LogP contribution in [0.15, 0.2) is 18.6 Å². The van der Waals surface area contributed by atoms with Crippen LogP contribution >= 0.6 is 0 Å². The van der Waals surface area contributed by atoms with Crippen LogP contribution in [-0.4, -0.2) is 16.5 Å². The first-order valence-corrected chi connectivity index (χ1v) is 6.68. The third kappa shape index (κ3) is 2.83. The molecule has 0 saturated heterocycles. The van der Waals surface area contributed by atoms with E-state index in [9.17, 15) is 0 Å². The number of rotatable bonds is 3. The summed E-state index contributed by atoms with van der Waals surface area (Å²) < 4.78 is 0. The molecule has 2 rings (SSSR count). The van der Waals surface area contributed by atoms with Gasteiger partial charge < -0.3 is 5.73 Å². The van der Waals surface area contributed by atoms with Gasteiger partial charge in [-0.2, -0.15) is 0 Å². The van der Waals surface area contributed by atoms with Gasteiger partial charge in [0.15, 0.2) is 0 Å². The zero-order valence-corrected chi connectivity index (χ0v) is 10.8. The minimum absolute atomic E-state index is 0.509. The van der Waals surface area contributed by atoms with Gasteiger partial charge in [-0.25, -0.2) is 0 Å². The van der Waals surface area contributed by atoms with Gasteiger partial charge in [0.1, 0.15) is 0 Å². The van der Waals surface area contributed by atoms with Gasteiger partial charge in [0.05, 0.1) is 5.69 Å². The average Bonchev–Trinajstić information content (AvgIpc) is 2.39. The molecule has 0 spiro atoms. The highest BCUT2D eigenvalue weighted by Crippen LogP contribution is 2.41. The van der Waals surface area contributed by atoms with Gasteiger partial charge in [0, 0.05) is 24.5 Å². The van der Waals surface area contributed by atoms with Crippen LogP contribution in [0.2, 0.25) is 0 Å². The molecule has 1 aromatic heterocycles. The summed E-state index contributed by atoms with van der Waals surface area (Å²) in [5.74, 6) is 2.66. The lowest BCUT2D eigenvalue weighted by Crippen LogP contribution is -2.31. The summed E-state index contributed by atoms with van der Waals surface area (Å²) in [4.78, 5) is 8.67. The molecule has 1 aromatic rings. The molecule has 1 aliphatic carbocycles. The fourth-order valence-electron chi connectivity index (χ4n) is 3.02. The lowest BCUT2D eigenvalue weighted by molar-refractivity contribution is 0.195. The molecule has 0 bridgehead atoms. The smallest absolute Gasteiger partial charge is 0.0620 e. The molecule has 0 radical (unpaired) electrons. The second-order valence-corrected chi connectivity index (χ2v) is 5.55. The maximum atomic E-state index is 5.90. The van der Waals surface area contributed by atoms with Crippen LogP contribution in [-0.2, 0) is 0 Å². The third-order valence-electron chi connectivity index (χ3n) is 4.24. The molecule has 0 aromatic carbocycles. The van der Waals surface area contributed by atoms with Crippen molar-refractivity contribution in [3.8, 4) is 0 Å². The van der Waals surface area contributed by atoms with Crippen LogP contribution in [0.3, 0.4) is 0 Å². The standard InChI is InChI=1S/C14H23N3/c1-10(2)11-3-4-12(8-15)13(7-11)14-9-16-5-6-17-14/h5-6,9-13H,3-4,7-8,15H2,1-2H3. The van der Waals surface area contributed by atoms with E-state index in [4.69, 9.17) is 5.73 Å². The van der Waals surface area contributed by atoms with Crippen molar-refractivity contribution in [2.45, 2.75) is 39.0 Å². The van der Waals surface area contributed by atoms with Crippen molar-refractivity contribution in [1.29, 1.82) is 0 Å². The lowest BCUT2D eigenvalue weighted by atomic mass is 9.69. The molecule has 94 valence electrons. The quantitative estimate of drug-likeness (QED) is 0.873. The highest BCUT2D eigenvalue weighted by atomic mass is 14.8. The van der Waals surface area contributed by atoms with Crippen LogP contribution in [0.5, 0.6) is 0 Å². The van der Waals surface area contributed by atoms with E-state index in [1.807, 2.05) is 6.20 Å². The number of hydrogen-bond donors (Lipinski definition) is 1. The molecule has 0 amide bonds. The van der Waals surface area contributed by atoms with Crippen LogP contribution in [0.1, 0.15) is 44.7 Å². The zero-order chi connectivity index (χ0) is 12.3. The maximum Gasteiger partial charge on any atom is 0.0620 e. The zero-order valence-electron chi connectivity index (χ0n) is 10.8.